The van der Waals surface area contributed by atoms with E-state index in [1.54, 1.807) is 22.9 Å². The van der Waals surface area contributed by atoms with Crippen LogP contribution >= 0.6 is 11.6 Å². The van der Waals surface area contributed by atoms with Gasteiger partial charge in [-0.15, -0.1) is 0 Å². The summed E-state index contributed by atoms with van der Waals surface area (Å²) in [5, 5.41) is 6.28. The van der Waals surface area contributed by atoms with Gasteiger partial charge in [-0.2, -0.15) is 0 Å². The van der Waals surface area contributed by atoms with Crippen molar-refractivity contribution in [3.63, 3.8) is 0 Å². The quantitative estimate of drug-likeness (QED) is 0.437. The second-order valence-corrected chi connectivity index (χ2v) is 8.91. The van der Waals surface area contributed by atoms with Gasteiger partial charge < -0.3 is 15.5 Å². The van der Waals surface area contributed by atoms with Gasteiger partial charge in [0.15, 0.2) is 11.5 Å². The number of amides is 2. The first-order chi connectivity index (χ1) is 17.1. The fraction of sp³-hybridized carbons (Fsp3) is 0.231. The number of nitrogens with one attached hydrogen (secondary N) is 2. The van der Waals surface area contributed by atoms with Crippen LogP contribution in [0.2, 0.25) is 5.02 Å². The second-order valence-electron chi connectivity index (χ2n) is 8.50. The zero-order chi connectivity index (χ0) is 24.2. The third kappa shape index (κ3) is 5.12. The number of rotatable bonds is 5. The minimum absolute atomic E-state index is 0.0117. The Morgan fingerprint density at radius 3 is 2.51 bits per heavy atom. The van der Waals surface area contributed by atoms with E-state index in [1.807, 2.05) is 59.5 Å². The molecule has 2 aromatic carbocycles. The second kappa shape index (κ2) is 10.1. The van der Waals surface area contributed by atoms with Crippen molar-refractivity contribution >= 4 is 40.3 Å². The number of hydrogen-bond acceptors (Lipinski definition) is 5. The standard InChI is InChI=1S/C26H25ClN6O2/c27-20-9-4-5-10-21(20)31-26(35)29-19-12-15-32(16-13-19)24-25(34)33(17-18-7-2-1-3-8-18)23-22(30-24)11-6-14-28-23/h1-11,14,19H,12-13,15-17H2,(H2,29,31,35). The molecule has 8 nitrogen and oxygen atoms in total. The van der Waals surface area contributed by atoms with Crippen molar-refractivity contribution in [2.24, 2.45) is 0 Å². The normalized spacial score (nSPS) is 14.1. The minimum atomic E-state index is -0.295. The Labute approximate surface area is 207 Å². The van der Waals surface area contributed by atoms with E-state index in [-0.39, 0.29) is 17.6 Å². The molecule has 9 heteroatoms. The number of piperidine rings is 1. The fourth-order valence-corrected chi connectivity index (χ4v) is 4.51. The van der Waals surface area contributed by atoms with Crippen molar-refractivity contribution < 1.29 is 4.79 Å². The Hall–Kier alpha value is -3.91. The smallest absolute Gasteiger partial charge is 0.319 e. The van der Waals surface area contributed by atoms with Crippen LogP contribution < -0.4 is 21.1 Å². The first-order valence-corrected chi connectivity index (χ1v) is 11.9. The number of pyridine rings is 1. The maximum atomic E-state index is 13.5. The van der Waals surface area contributed by atoms with Gasteiger partial charge in [-0.05, 0) is 42.7 Å². The molecule has 0 bridgehead atoms. The molecule has 2 aromatic heterocycles. The SMILES string of the molecule is O=C(Nc1ccccc1Cl)NC1CCN(c2nc3cccnc3n(Cc3ccccc3)c2=O)CC1. The Kier molecular flexibility index (Phi) is 6.63. The summed E-state index contributed by atoms with van der Waals surface area (Å²) in [6.07, 6.45) is 3.07. The summed E-state index contributed by atoms with van der Waals surface area (Å²) in [4.78, 5) is 37.0. The summed E-state index contributed by atoms with van der Waals surface area (Å²) >= 11 is 6.13. The number of para-hydroxylation sites is 1. The van der Waals surface area contributed by atoms with Crippen LogP contribution in [0.15, 0.2) is 77.7 Å². The van der Waals surface area contributed by atoms with Gasteiger partial charge >= 0.3 is 6.03 Å². The number of anilines is 2. The van der Waals surface area contributed by atoms with Crippen LogP contribution in [-0.4, -0.2) is 39.7 Å². The molecule has 178 valence electrons. The molecular formula is C26H25ClN6O2. The molecule has 3 heterocycles. The molecule has 1 fully saturated rings. The third-order valence-electron chi connectivity index (χ3n) is 6.12. The average molecular weight is 489 g/mol. The lowest BCUT2D eigenvalue weighted by Crippen LogP contribution is -2.47. The molecule has 0 spiro atoms. The van der Waals surface area contributed by atoms with E-state index >= 15 is 0 Å². The van der Waals surface area contributed by atoms with Gasteiger partial charge in [-0.1, -0.05) is 54.1 Å². The molecule has 4 aromatic rings. The number of hydrogen-bond donors (Lipinski definition) is 2. The largest absolute Gasteiger partial charge is 0.352 e. The van der Waals surface area contributed by atoms with Crippen LogP contribution in [0.1, 0.15) is 18.4 Å². The molecule has 1 saturated heterocycles. The van der Waals surface area contributed by atoms with E-state index in [9.17, 15) is 9.59 Å². The van der Waals surface area contributed by atoms with Crippen LogP contribution in [0.5, 0.6) is 0 Å². The molecular weight excluding hydrogens is 464 g/mol. The summed E-state index contributed by atoms with van der Waals surface area (Å²) in [6.45, 7) is 1.63. The highest BCUT2D eigenvalue weighted by Crippen LogP contribution is 2.21. The number of urea groups is 1. The van der Waals surface area contributed by atoms with Crippen molar-refractivity contribution in [2.45, 2.75) is 25.4 Å². The van der Waals surface area contributed by atoms with Crippen molar-refractivity contribution in [3.05, 3.63) is 93.9 Å². The number of carbonyl (C=O) groups is 1. The molecule has 1 aliphatic heterocycles. The minimum Gasteiger partial charge on any atom is -0.352 e. The van der Waals surface area contributed by atoms with Crippen molar-refractivity contribution in [1.29, 1.82) is 0 Å². The van der Waals surface area contributed by atoms with Crippen molar-refractivity contribution in [3.8, 4) is 0 Å². The van der Waals surface area contributed by atoms with Gasteiger partial charge in [-0.25, -0.2) is 14.8 Å². The Bertz CT molecular complexity index is 1400. The van der Waals surface area contributed by atoms with E-state index in [1.165, 1.54) is 0 Å². The monoisotopic (exact) mass is 488 g/mol. The van der Waals surface area contributed by atoms with Gasteiger partial charge in [0.05, 0.1) is 17.3 Å². The first kappa shape index (κ1) is 22.9. The molecule has 0 unspecified atom stereocenters. The predicted octanol–water partition coefficient (Wildman–Crippen LogP) is 4.28. The summed E-state index contributed by atoms with van der Waals surface area (Å²) < 4.78 is 1.69. The Balaban J connectivity index is 1.31. The lowest BCUT2D eigenvalue weighted by molar-refractivity contribution is 0.246. The van der Waals surface area contributed by atoms with E-state index in [0.717, 1.165) is 5.56 Å². The van der Waals surface area contributed by atoms with Crippen LogP contribution in [0, 0.1) is 0 Å². The molecule has 0 aliphatic carbocycles. The van der Waals surface area contributed by atoms with Gasteiger partial charge in [-0.3, -0.25) is 9.36 Å². The molecule has 35 heavy (non-hydrogen) atoms. The van der Waals surface area contributed by atoms with E-state index < -0.39 is 0 Å². The summed E-state index contributed by atoms with van der Waals surface area (Å²) in [5.74, 6) is 0.417. The van der Waals surface area contributed by atoms with Crippen LogP contribution in [0.4, 0.5) is 16.3 Å². The van der Waals surface area contributed by atoms with Crippen molar-refractivity contribution in [2.75, 3.05) is 23.3 Å². The Morgan fingerprint density at radius 1 is 1.00 bits per heavy atom. The van der Waals surface area contributed by atoms with Gasteiger partial charge in [0, 0.05) is 25.3 Å². The third-order valence-corrected chi connectivity index (χ3v) is 6.45. The summed E-state index contributed by atoms with van der Waals surface area (Å²) in [6, 6.07) is 20.4. The summed E-state index contributed by atoms with van der Waals surface area (Å²) in [5.41, 5.74) is 2.67. The number of carbonyl (C=O) groups excluding carboxylic acids is 1. The first-order valence-electron chi connectivity index (χ1n) is 11.5. The molecule has 0 atom stereocenters. The topological polar surface area (TPSA) is 92.2 Å². The molecule has 5 rings (SSSR count). The molecule has 0 saturated carbocycles. The highest BCUT2D eigenvalue weighted by Gasteiger charge is 2.25. The van der Waals surface area contributed by atoms with Gasteiger partial charge in [0.2, 0.25) is 0 Å². The molecule has 2 N–H and O–H groups in total. The van der Waals surface area contributed by atoms with E-state index in [2.05, 4.69) is 20.6 Å². The van der Waals surface area contributed by atoms with Crippen LogP contribution in [-0.2, 0) is 6.54 Å². The van der Waals surface area contributed by atoms with Gasteiger partial charge in [0.25, 0.3) is 5.56 Å². The number of nitrogens with zero attached hydrogens (tertiary/aromatic N) is 4. The number of benzene rings is 2. The number of aromatic nitrogens is 3. The Morgan fingerprint density at radius 2 is 1.74 bits per heavy atom. The zero-order valence-electron chi connectivity index (χ0n) is 19.0. The highest BCUT2D eigenvalue weighted by atomic mass is 35.5. The number of fused-ring (bicyclic) bond motifs is 1. The maximum Gasteiger partial charge on any atom is 0.319 e. The van der Waals surface area contributed by atoms with Gasteiger partial charge in [0.1, 0.15) is 5.52 Å². The predicted molar refractivity (Wildman–Crippen MR) is 138 cm³/mol. The molecule has 1 aliphatic rings. The van der Waals surface area contributed by atoms with E-state index in [0.29, 0.717) is 60.2 Å². The lowest BCUT2D eigenvalue weighted by Gasteiger charge is -2.33. The average Bonchev–Trinajstić information content (AvgIpc) is 2.88. The maximum absolute atomic E-state index is 13.5. The number of halogens is 1. The fourth-order valence-electron chi connectivity index (χ4n) is 4.32. The zero-order valence-corrected chi connectivity index (χ0v) is 19.8. The van der Waals surface area contributed by atoms with Crippen LogP contribution in [0.25, 0.3) is 11.2 Å². The van der Waals surface area contributed by atoms with Crippen LogP contribution in [0.3, 0.4) is 0 Å². The lowest BCUT2D eigenvalue weighted by atomic mass is 10.1. The summed E-state index contributed by atoms with van der Waals surface area (Å²) in [7, 11) is 0. The highest BCUT2D eigenvalue weighted by molar-refractivity contribution is 6.33. The van der Waals surface area contributed by atoms with Crippen molar-refractivity contribution in [1.82, 2.24) is 19.9 Å². The molecule has 2 amide bonds. The molecule has 0 radical (unpaired) electrons. The van der Waals surface area contributed by atoms with E-state index in [4.69, 9.17) is 11.6 Å².